The molecule has 0 saturated heterocycles. The highest BCUT2D eigenvalue weighted by Crippen LogP contribution is 2.18. The van der Waals surface area contributed by atoms with Gasteiger partial charge in [-0.3, -0.25) is 0 Å². The molecule has 0 saturated carbocycles. The van der Waals surface area contributed by atoms with Gasteiger partial charge in [0.15, 0.2) is 0 Å². The van der Waals surface area contributed by atoms with Crippen LogP contribution in [0.25, 0.3) is 0 Å². The van der Waals surface area contributed by atoms with Crippen LogP contribution in [0.3, 0.4) is 0 Å². The van der Waals surface area contributed by atoms with Crippen LogP contribution in [0.4, 0.5) is 0 Å². The Morgan fingerprint density at radius 1 is 1.20 bits per heavy atom. The molecule has 0 aliphatic carbocycles. The molecule has 54 valence electrons. The average Bonchev–Trinajstić information content (AvgIpc) is 1.93. The van der Waals surface area contributed by atoms with Crippen LogP contribution in [0.15, 0.2) is 12.1 Å². The molecular weight excluding hydrogens is 196 g/mol. The molecule has 0 N–H and O–H groups in total. The minimum Gasteiger partial charge on any atom is -0.617 e. The van der Waals surface area contributed by atoms with Crippen LogP contribution in [0.1, 0.15) is 0 Å². The normalized spacial score (nSPS) is 9.90. The molecule has 1 aromatic heterocycles. The second kappa shape index (κ2) is 2.82. The van der Waals surface area contributed by atoms with Crippen molar-refractivity contribution in [3.63, 3.8) is 0 Å². The highest BCUT2D eigenvalue weighted by atomic mass is 35.5. The number of pyridine rings is 1. The molecule has 0 spiro atoms. The van der Waals surface area contributed by atoms with Gasteiger partial charge < -0.3 is 5.21 Å². The molecule has 1 aromatic rings. The monoisotopic (exact) mass is 197 g/mol. The van der Waals surface area contributed by atoms with Crippen LogP contribution in [0.5, 0.6) is 0 Å². The van der Waals surface area contributed by atoms with Crippen LogP contribution >= 0.6 is 34.8 Å². The molecule has 0 aromatic carbocycles. The van der Waals surface area contributed by atoms with E-state index in [1.54, 1.807) is 0 Å². The lowest BCUT2D eigenvalue weighted by Crippen LogP contribution is -2.28. The fraction of sp³-hybridized carbons (Fsp3) is 0. The topological polar surface area (TPSA) is 26.9 Å². The molecule has 1 rings (SSSR count). The van der Waals surface area contributed by atoms with Gasteiger partial charge in [-0.2, -0.15) is 0 Å². The summed E-state index contributed by atoms with van der Waals surface area (Å²) in [5.74, 6) is 0. The predicted molar refractivity (Wildman–Crippen MR) is 40.4 cm³/mol. The van der Waals surface area contributed by atoms with E-state index in [9.17, 15) is 5.21 Å². The van der Waals surface area contributed by atoms with Gasteiger partial charge >= 0.3 is 5.15 Å². The molecule has 10 heavy (non-hydrogen) atoms. The third-order valence-corrected chi connectivity index (χ3v) is 1.97. The van der Waals surface area contributed by atoms with Crippen LogP contribution in [-0.4, -0.2) is 0 Å². The van der Waals surface area contributed by atoms with E-state index in [4.69, 9.17) is 34.8 Å². The Kier molecular flexibility index (Phi) is 2.24. The lowest BCUT2D eigenvalue weighted by Gasteiger charge is -1.99. The van der Waals surface area contributed by atoms with Gasteiger partial charge in [0, 0.05) is 6.07 Å². The summed E-state index contributed by atoms with van der Waals surface area (Å²) in [5.41, 5.74) is 0. The molecule has 0 unspecified atom stereocenters. The summed E-state index contributed by atoms with van der Waals surface area (Å²) in [6.07, 6.45) is 0. The fourth-order valence-electron chi connectivity index (χ4n) is 0.469. The Morgan fingerprint density at radius 3 is 2.30 bits per heavy atom. The van der Waals surface area contributed by atoms with Crippen LogP contribution < -0.4 is 4.73 Å². The van der Waals surface area contributed by atoms with Gasteiger partial charge in [0.05, 0.1) is 0 Å². The summed E-state index contributed by atoms with van der Waals surface area (Å²) in [6.45, 7) is 0. The van der Waals surface area contributed by atoms with E-state index >= 15 is 0 Å². The minimum atomic E-state index is -0.103. The Balaban J connectivity index is 3.34. The van der Waals surface area contributed by atoms with Crippen LogP contribution in [0.2, 0.25) is 15.3 Å². The molecule has 0 aliphatic heterocycles. The number of aromatic nitrogens is 1. The molecule has 0 fully saturated rings. The van der Waals surface area contributed by atoms with Crippen molar-refractivity contribution >= 4 is 34.8 Å². The largest absolute Gasteiger partial charge is 0.617 e. The van der Waals surface area contributed by atoms with Crippen molar-refractivity contribution in [2.75, 3.05) is 0 Å². The molecule has 0 radical (unpaired) electrons. The zero-order valence-corrected chi connectivity index (χ0v) is 6.91. The standard InChI is InChI=1S/C5H2Cl3NO/c6-3-1-2-4(7)9(10)5(3)8/h1-2H. The van der Waals surface area contributed by atoms with Gasteiger partial charge in [-0.1, -0.05) is 11.6 Å². The summed E-state index contributed by atoms with van der Waals surface area (Å²) in [7, 11) is 0. The SMILES string of the molecule is [O-][n+]1c(Cl)ccc(Cl)c1Cl. The van der Waals surface area contributed by atoms with Crippen LogP contribution in [-0.2, 0) is 0 Å². The van der Waals surface area contributed by atoms with E-state index in [0.29, 0.717) is 4.73 Å². The summed E-state index contributed by atoms with van der Waals surface area (Å²) < 4.78 is 0.353. The Morgan fingerprint density at radius 2 is 1.80 bits per heavy atom. The molecule has 5 heteroatoms. The molecule has 0 atom stereocenters. The number of halogens is 3. The maximum Gasteiger partial charge on any atom is 0.306 e. The molecular formula is C5H2Cl3NO. The van der Waals surface area contributed by atoms with Crippen molar-refractivity contribution in [3.8, 4) is 0 Å². The number of rotatable bonds is 0. The van der Waals surface area contributed by atoms with E-state index < -0.39 is 0 Å². The zero-order valence-electron chi connectivity index (χ0n) is 4.64. The second-order valence-corrected chi connectivity index (χ2v) is 2.74. The summed E-state index contributed by atoms with van der Waals surface area (Å²) >= 11 is 16.3. The molecule has 2 nitrogen and oxygen atoms in total. The van der Waals surface area contributed by atoms with Gasteiger partial charge in [-0.25, -0.2) is 0 Å². The average molecular weight is 198 g/mol. The molecule has 0 aliphatic rings. The van der Waals surface area contributed by atoms with Crippen molar-refractivity contribution in [2.24, 2.45) is 0 Å². The third kappa shape index (κ3) is 1.29. The number of hydrogen-bond donors (Lipinski definition) is 0. The van der Waals surface area contributed by atoms with E-state index in [2.05, 4.69) is 0 Å². The Hall–Kier alpha value is -0.180. The van der Waals surface area contributed by atoms with Crippen molar-refractivity contribution in [1.29, 1.82) is 0 Å². The lowest BCUT2D eigenvalue weighted by atomic mass is 10.5. The van der Waals surface area contributed by atoms with Gasteiger partial charge in [0.2, 0.25) is 0 Å². The van der Waals surface area contributed by atoms with Crippen molar-refractivity contribution in [2.45, 2.75) is 0 Å². The van der Waals surface area contributed by atoms with Crippen molar-refractivity contribution in [1.82, 2.24) is 0 Å². The van der Waals surface area contributed by atoms with Gasteiger partial charge in [0.25, 0.3) is 5.15 Å². The second-order valence-electron chi connectivity index (χ2n) is 1.59. The summed E-state index contributed by atoms with van der Waals surface area (Å²) in [4.78, 5) is 0. The zero-order chi connectivity index (χ0) is 7.72. The maximum absolute atomic E-state index is 10.8. The molecule has 0 bridgehead atoms. The highest BCUT2D eigenvalue weighted by Gasteiger charge is 2.10. The third-order valence-electron chi connectivity index (χ3n) is 0.937. The first-order chi connectivity index (χ1) is 4.63. The number of nitrogens with zero attached hydrogens (tertiary/aromatic N) is 1. The first-order valence-electron chi connectivity index (χ1n) is 2.36. The van der Waals surface area contributed by atoms with Gasteiger partial charge in [0.1, 0.15) is 5.02 Å². The van der Waals surface area contributed by atoms with E-state index in [1.165, 1.54) is 12.1 Å². The fourth-order valence-corrected chi connectivity index (χ4v) is 0.954. The maximum atomic E-state index is 10.8. The van der Waals surface area contributed by atoms with E-state index in [-0.39, 0.29) is 15.3 Å². The van der Waals surface area contributed by atoms with E-state index in [0.717, 1.165) is 0 Å². The first-order valence-corrected chi connectivity index (χ1v) is 3.49. The Labute approximate surface area is 72.5 Å². The quantitative estimate of drug-likeness (QED) is 0.357. The van der Waals surface area contributed by atoms with E-state index in [1.807, 2.05) is 0 Å². The van der Waals surface area contributed by atoms with Gasteiger partial charge in [-0.05, 0) is 29.3 Å². The van der Waals surface area contributed by atoms with Gasteiger partial charge in [-0.15, -0.1) is 4.73 Å². The lowest BCUT2D eigenvalue weighted by molar-refractivity contribution is -0.600. The summed E-state index contributed by atoms with van der Waals surface area (Å²) in [5, 5.41) is 10.9. The van der Waals surface area contributed by atoms with Crippen LogP contribution in [0, 0.1) is 5.21 Å². The van der Waals surface area contributed by atoms with Crippen molar-refractivity contribution < 1.29 is 4.73 Å². The minimum absolute atomic E-state index is 0.00870. The summed E-state index contributed by atoms with van der Waals surface area (Å²) in [6, 6.07) is 2.84. The predicted octanol–water partition coefficient (Wildman–Crippen LogP) is 2.28. The number of hydrogen-bond acceptors (Lipinski definition) is 1. The highest BCUT2D eigenvalue weighted by molar-refractivity contribution is 6.40. The smallest absolute Gasteiger partial charge is 0.306 e. The van der Waals surface area contributed by atoms with Crippen molar-refractivity contribution in [3.05, 3.63) is 32.7 Å². The Bertz CT molecular complexity index is 236. The first kappa shape index (κ1) is 7.92. The molecule has 0 amide bonds. The molecule has 1 heterocycles.